The van der Waals surface area contributed by atoms with Gasteiger partial charge in [-0.25, -0.2) is 0 Å². The second-order valence-electron chi connectivity index (χ2n) is 6.82. The number of rotatable bonds is 8. The molecule has 1 saturated heterocycles. The van der Waals surface area contributed by atoms with Crippen LogP contribution in [0.4, 0.5) is 0 Å². The summed E-state index contributed by atoms with van der Waals surface area (Å²) in [6, 6.07) is 15.0. The van der Waals surface area contributed by atoms with Crippen molar-refractivity contribution < 1.29 is 14.3 Å². The summed E-state index contributed by atoms with van der Waals surface area (Å²) in [6.07, 6.45) is 3.11. The minimum Gasteiger partial charge on any atom is -0.494 e. The smallest absolute Gasteiger partial charge is 0.254 e. The number of halogens is 1. The first-order valence-corrected chi connectivity index (χ1v) is 9.91. The molecule has 1 amide bonds. The van der Waals surface area contributed by atoms with Gasteiger partial charge in [-0.2, -0.15) is 0 Å². The Hall–Kier alpha value is -2.04. The van der Waals surface area contributed by atoms with Gasteiger partial charge in [-0.3, -0.25) is 4.79 Å². The van der Waals surface area contributed by atoms with Gasteiger partial charge in [0.05, 0.1) is 12.7 Å². The summed E-state index contributed by atoms with van der Waals surface area (Å²) in [5.74, 6) is 0.791. The lowest BCUT2D eigenvalue weighted by Gasteiger charge is -2.26. The van der Waals surface area contributed by atoms with E-state index in [0.717, 1.165) is 37.2 Å². The van der Waals surface area contributed by atoms with Crippen molar-refractivity contribution in [2.45, 2.75) is 38.8 Å². The van der Waals surface area contributed by atoms with Crippen molar-refractivity contribution in [3.8, 4) is 5.75 Å². The molecule has 0 aliphatic carbocycles. The monoisotopic (exact) mass is 387 g/mol. The second-order valence-corrected chi connectivity index (χ2v) is 7.26. The summed E-state index contributed by atoms with van der Waals surface area (Å²) < 4.78 is 11.4. The molecule has 1 heterocycles. The normalized spacial score (nSPS) is 16.3. The van der Waals surface area contributed by atoms with Crippen LogP contribution in [0, 0.1) is 0 Å². The highest BCUT2D eigenvalue weighted by Crippen LogP contribution is 2.20. The van der Waals surface area contributed by atoms with Crippen LogP contribution in [0.1, 0.15) is 42.1 Å². The first-order chi connectivity index (χ1) is 13.2. The Bertz CT molecular complexity index is 724. The van der Waals surface area contributed by atoms with Crippen molar-refractivity contribution in [2.24, 2.45) is 0 Å². The third-order valence-electron chi connectivity index (χ3n) is 4.60. The molecule has 1 aliphatic rings. The molecule has 4 nitrogen and oxygen atoms in total. The average Bonchev–Trinajstić information content (AvgIpc) is 3.20. The molecular formula is C22H26ClNO3. The van der Waals surface area contributed by atoms with Crippen LogP contribution >= 0.6 is 11.6 Å². The number of hydrogen-bond donors (Lipinski definition) is 0. The predicted octanol–water partition coefficient (Wildman–Crippen LogP) is 4.95. The molecule has 27 heavy (non-hydrogen) atoms. The van der Waals surface area contributed by atoms with E-state index in [-0.39, 0.29) is 12.0 Å². The van der Waals surface area contributed by atoms with Crippen LogP contribution in [0.25, 0.3) is 0 Å². The highest BCUT2D eigenvalue weighted by atomic mass is 35.5. The molecule has 144 valence electrons. The van der Waals surface area contributed by atoms with Crippen molar-refractivity contribution in [1.29, 1.82) is 0 Å². The van der Waals surface area contributed by atoms with Crippen LogP contribution in [0.15, 0.2) is 48.5 Å². The first-order valence-electron chi connectivity index (χ1n) is 9.54. The zero-order chi connectivity index (χ0) is 19.1. The summed E-state index contributed by atoms with van der Waals surface area (Å²) in [7, 11) is 0. The van der Waals surface area contributed by atoms with E-state index < -0.39 is 0 Å². The van der Waals surface area contributed by atoms with Crippen LogP contribution in [-0.4, -0.2) is 36.7 Å². The van der Waals surface area contributed by atoms with Crippen molar-refractivity contribution >= 4 is 17.5 Å². The predicted molar refractivity (Wildman–Crippen MR) is 107 cm³/mol. The maximum absolute atomic E-state index is 13.1. The third-order valence-corrected chi connectivity index (χ3v) is 4.85. The van der Waals surface area contributed by atoms with Gasteiger partial charge >= 0.3 is 0 Å². The quantitative estimate of drug-likeness (QED) is 0.643. The highest BCUT2D eigenvalue weighted by Gasteiger charge is 2.23. The molecule has 1 atom stereocenters. The standard InChI is InChI=1S/C22H26ClNO3/c1-2-13-26-20-11-7-18(8-12-20)22(25)24(16-21-4-3-14-27-21)15-17-5-9-19(23)10-6-17/h5-12,21H,2-4,13-16H2,1H3. The number of amides is 1. The molecule has 0 bridgehead atoms. The molecule has 2 aromatic carbocycles. The fourth-order valence-electron chi connectivity index (χ4n) is 3.16. The lowest BCUT2D eigenvalue weighted by atomic mass is 10.1. The SMILES string of the molecule is CCCOc1ccc(C(=O)N(Cc2ccc(Cl)cc2)CC2CCCO2)cc1. The van der Waals surface area contributed by atoms with Gasteiger partial charge in [0.15, 0.2) is 0 Å². The van der Waals surface area contributed by atoms with Crippen LogP contribution in [0.5, 0.6) is 5.75 Å². The van der Waals surface area contributed by atoms with E-state index in [1.54, 1.807) is 0 Å². The molecule has 0 radical (unpaired) electrons. The van der Waals surface area contributed by atoms with Gasteiger partial charge in [0.1, 0.15) is 5.75 Å². The van der Waals surface area contributed by atoms with Crippen molar-refractivity contribution in [2.75, 3.05) is 19.8 Å². The summed E-state index contributed by atoms with van der Waals surface area (Å²) >= 11 is 5.98. The third kappa shape index (κ3) is 5.72. The molecule has 0 saturated carbocycles. The van der Waals surface area contributed by atoms with Crippen LogP contribution in [0.3, 0.4) is 0 Å². The Balaban J connectivity index is 1.73. The number of carbonyl (C=O) groups is 1. The Morgan fingerprint density at radius 3 is 2.56 bits per heavy atom. The number of hydrogen-bond acceptors (Lipinski definition) is 3. The van der Waals surface area contributed by atoms with Gasteiger partial charge in [0.25, 0.3) is 5.91 Å². The minimum absolute atomic E-state index is 0.00231. The lowest BCUT2D eigenvalue weighted by Crippen LogP contribution is -2.36. The Labute approximate surface area is 166 Å². The van der Waals surface area contributed by atoms with Gasteiger partial charge in [0, 0.05) is 30.3 Å². The van der Waals surface area contributed by atoms with Crippen molar-refractivity contribution in [1.82, 2.24) is 4.90 Å². The van der Waals surface area contributed by atoms with E-state index in [1.165, 1.54) is 0 Å². The van der Waals surface area contributed by atoms with Crippen molar-refractivity contribution in [3.05, 3.63) is 64.7 Å². The van der Waals surface area contributed by atoms with Crippen LogP contribution < -0.4 is 4.74 Å². The number of benzene rings is 2. The van der Waals surface area contributed by atoms with E-state index in [9.17, 15) is 4.79 Å². The van der Waals surface area contributed by atoms with Crippen LogP contribution in [0.2, 0.25) is 5.02 Å². The molecule has 2 aromatic rings. The average molecular weight is 388 g/mol. The Morgan fingerprint density at radius 2 is 1.93 bits per heavy atom. The topological polar surface area (TPSA) is 38.8 Å². The Kier molecular flexibility index (Phi) is 7.13. The van der Waals surface area contributed by atoms with Gasteiger partial charge in [-0.1, -0.05) is 30.7 Å². The first kappa shape index (κ1) is 19.7. The molecular weight excluding hydrogens is 362 g/mol. The van der Waals surface area contributed by atoms with E-state index in [0.29, 0.717) is 30.3 Å². The summed E-state index contributed by atoms with van der Waals surface area (Å²) in [6.45, 7) is 4.64. The second kappa shape index (κ2) is 9.77. The fourth-order valence-corrected chi connectivity index (χ4v) is 3.29. The zero-order valence-corrected chi connectivity index (χ0v) is 16.5. The molecule has 0 N–H and O–H groups in total. The molecule has 1 unspecified atom stereocenters. The molecule has 0 spiro atoms. The van der Waals surface area contributed by atoms with E-state index in [1.807, 2.05) is 53.4 Å². The molecule has 3 rings (SSSR count). The number of ether oxygens (including phenoxy) is 2. The van der Waals surface area contributed by atoms with E-state index in [4.69, 9.17) is 21.1 Å². The van der Waals surface area contributed by atoms with E-state index >= 15 is 0 Å². The van der Waals surface area contributed by atoms with Gasteiger partial charge < -0.3 is 14.4 Å². The van der Waals surface area contributed by atoms with Gasteiger partial charge in [-0.05, 0) is 61.2 Å². The van der Waals surface area contributed by atoms with Gasteiger partial charge in [-0.15, -0.1) is 0 Å². The lowest BCUT2D eigenvalue weighted by molar-refractivity contribution is 0.0507. The maximum atomic E-state index is 13.1. The number of carbonyl (C=O) groups excluding carboxylic acids is 1. The largest absolute Gasteiger partial charge is 0.494 e. The Morgan fingerprint density at radius 1 is 1.19 bits per heavy atom. The summed E-state index contributed by atoms with van der Waals surface area (Å²) in [5.41, 5.74) is 1.71. The molecule has 0 aromatic heterocycles. The van der Waals surface area contributed by atoms with Crippen molar-refractivity contribution in [3.63, 3.8) is 0 Å². The molecule has 5 heteroatoms. The molecule has 1 fully saturated rings. The fraction of sp³-hybridized carbons (Fsp3) is 0.409. The molecule has 1 aliphatic heterocycles. The maximum Gasteiger partial charge on any atom is 0.254 e. The van der Waals surface area contributed by atoms with Gasteiger partial charge in [0.2, 0.25) is 0 Å². The highest BCUT2D eigenvalue weighted by molar-refractivity contribution is 6.30. The zero-order valence-electron chi connectivity index (χ0n) is 15.7. The minimum atomic E-state index is 0.00231. The summed E-state index contributed by atoms with van der Waals surface area (Å²) in [5, 5.41) is 0.693. The number of nitrogens with zero attached hydrogens (tertiary/aromatic N) is 1. The summed E-state index contributed by atoms with van der Waals surface area (Å²) in [4.78, 5) is 15.0. The van der Waals surface area contributed by atoms with E-state index in [2.05, 4.69) is 6.92 Å². The van der Waals surface area contributed by atoms with Crippen LogP contribution in [-0.2, 0) is 11.3 Å².